The summed E-state index contributed by atoms with van der Waals surface area (Å²) in [5, 5.41) is 4.15. The van der Waals surface area contributed by atoms with Crippen LogP contribution in [-0.4, -0.2) is 18.4 Å². The van der Waals surface area contributed by atoms with Crippen LogP contribution in [0.5, 0.6) is 0 Å². The second kappa shape index (κ2) is 7.16. The highest BCUT2D eigenvalue weighted by atomic mass is 35.5. The Kier molecular flexibility index (Phi) is 5.48. The van der Waals surface area contributed by atoms with Gasteiger partial charge < -0.3 is 10.1 Å². The van der Waals surface area contributed by atoms with E-state index in [9.17, 15) is 9.59 Å². The number of rotatable bonds is 4. The van der Waals surface area contributed by atoms with Crippen molar-refractivity contribution in [2.75, 3.05) is 11.9 Å². The van der Waals surface area contributed by atoms with E-state index in [1.165, 1.54) is 6.08 Å². The Morgan fingerprint density at radius 2 is 1.95 bits per heavy atom. The van der Waals surface area contributed by atoms with Crippen molar-refractivity contribution in [3.63, 3.8) is 0 Å². The number of carbonyl (C=O) groups is 2. The summed E-state index contributed by atoms with van der Waals surface area (Å²) in [6, 6.07) is 5.08. The predicted molar refractivity (Wildman–Crippen MR) is 87.1 cm³/mol. The van der Waals surface area contributed by atoms with Gasteiger partial charge in [-0.25, -0.2) is 0 Å². The summed E-state index contributed by atoms with van der Waals surface area (Å²) in [5.74, 6) is -1.56. The fourth-order valence-corrected chi connectivity index (χ4v) is 3.07. The van der Waals surface area contributed by atoms with Gasteiger partial charge in [-0.3, -0.25) is 9.59 Å². The first-order chi connectivity index (χ1) is 10.4. The van der Waals surface area contributed by atoms with E-state index in [1.54, 1.807) is 25.1 Å². The third-order valence-electron chi connectivity index (χ3n) is 3.44. The molecule has 0 saturated carbocycles. The Bertz CT molecular complexity index is 608. The van der Waals surface area contributed by atoms with Crippen molar-refractivity contribution in [2.45, 2.75) is 20.3 Å². The molecule has 0 saturated heterocycles. The zero-order valence-electron chi connectivity index (χ0n) is 12.4. The van der Waals surface area contributed by atoms with Gasteiger partial charge in [0.05, 0.1) is 6.61 Å². The van der Waals surface area contributed by atoms with Crippen LogP contribution in [0.2, 0.25) is 10.0 Å². The molecule has 118 valence electrons. The van der Waals surface area contributed by atoms with E-state index in [4.69, 9.17) is 27.9 Å². The molecule has 0 aliphatic heterocycles. The number of hydrogen-bond donors (Lipinski definition) is 1. The summed E-state index contributed by atoms with van der Waals surface area (Å²) in [7, 11) is 0. The Morgan fingerprint density at radius 3 is 2.50 bits per heavy atom. The summed E-state index contributed by atoms with van der Waals surface area (Å²) in [5.41, 5.74) is 1.44. The molecule has 0 fully saturated rings. The van der Waals surface area contributed by atoms with Gasteiger partial charge in [0.15, 0.2) is 5.78 Å². The van der Waals surface area contributed by atoms with E-state index in [1.807, 2.05) is 6.92 Å². The van der Waals surface area contributed by atoms with E-state index in [-0.39, 0.29) is 18.3 Å². The van der Waals surface area contributed by atoms with Crippen molar-refractivity contribution in [1.82, 2.24) is 0 Å². The summed E-state index contributed by atoms with van der Waals surface area (Å²) in [4.78, 5) is 24.0. The molecule has 1 aromatic rings. The van der Waals surface area contributed by atoms with Crippen LogP contribution in [0.15, 0.2) is 30.0 Å². The van der Waals surface area contributed by atoms with Gasteiger partial charge in [-0.2, -0.15) is 0 Å². The lowest BCUT2D eigenvalue weighted by Gasteiger charge is -2.26. The summed E-state index contributed by atoms with van der Waals surface area (Å²) >= 11 is 11.9. The smallest absolute Gasteiger partial charge is 0.317 e. The monoisotopic (exact) mass is 341 g/mol. The highest BCUT2D eigenvalue weighted by molar-refractivity contribution is 6.35. The maximum Gasteiger partial charge on any atom is 0.317 e. The quantitative estimate of drug-likeness (QED) is 0.662. The molecular weight excluding hydrogens is 325 g/mol. The lowest BCUT2D eigenvalue weighted by molar-refractivity contribution is -0.152. The van der Waals surface area contributed by atoms with Gasteiger partial charge in [-0.15, -0.1) is 0 Å². The maximum atomic E-state index is 12.2. The van der Waals surface area contributed by atoms with E-state index in [2.05, 4.69) is 5.32 Å². The molecular formula is C16H17Cl2NO3. The van der Waals surface area contributed by atoms with Crippen LogP contribution in [0.3, 0.4) is 0 Å². The van der Waals surface area contributed by atoms with Gasteiger partial charge in [0.2, 0.25) is 0 Å². The zero-order valence-corrected chi connectivity index (χ0v) is 13.9. The van der Waals surface area contributed by atoms with E-state index >= 15 is 0 Å². The van der Waals surface area contributed by atoms with Gasteiger partial charge >= 0.3 is 5.97 Å². The van der Waals surface area contributed by atoms with Crippen molar-refractivity contribution in [1.29, 1.82) is 0 Å². The van der Waals surface area contributed by atoms with Crippen LogP contribution in [0.4, 0.5) is 5.69 Å². The Labute approximate surface area is 139 Å². The van der Waals surface area contributed by atoms with E-state index in [0.717, 1.165) is 5.70 Å². The molecule has 2 rings (SSSR count). The number of ketones is 1. The molecule has 0 spiro atoms. The summed E-state index contributed by atoms with van der Waals surface area (Å²) in [6.45, 7) is 3.85. The number of allylic oxidation sites excluding steroid dienone is 2. The topological polar surface area (TPSA) is 55.4 Å². The summed E-state index contributed by atoms with van der Waals surface area (Å²) in [6.07, 6.45) is 2.02. The Hall–Kier alpha value is -1.52. The number of carbonyl (C=O) groups excluding carboxylic acids is 2. The lowest BCUT2D eigenvalue weighted by Crippen LogP contribution is -2.34. The first kappa shape index (κ1) is 16.8. The number of halogens is 2. The second-order valence-corrected chi connectivity index (χ2v) is 6.14. The molecule has 1 aromatic carbocycles. The average Bonchev–Trinajstić information content (AvgIpc) is 2.36. The first-order valence-corrected chi connectivity index (χ1v) is 7.80. The largest absolute Gasteiger partial charge is 0.465 e. The van der Waals surface area contributed by atoms with Gasteiger partial charge in [0.1, 0.15) is 5.92 Å². The molecule has 0 radical (unpaired) electrons. The van der Waals surface area contributed by atoms with Gasteiger partial charge in [0.25, 0.3) is 0 Å². The molecule has 0 bridgehead atoms. The highest BCUT2D eigenvalue weighted by Gasteiger charge is 2.36. The van der Waals surface area contributed by atoms with Gasteiger partial charge in [-0.1, -0.05) is 30.1 Å². The maximum absolute atomic E-state index is 12.2. The molecule has 22 heavy (non-hydrogen) atoms. The van der Waals surface area contributed by atoms with Crippen molar-refractivity contribution < 1.29 is 14.3 Å². The minimum Gasteiger partial charge on any atom is -0.465 e. The second-order valence-electron chi connectivity index (χ2n) is 5.27. The molecule has 2 atom stereocenters. The third-order valence-corrected chi connectivity index (χ3v) is 3.88. The minimum atomic E-state index is -0.728. The number of anilines is 1. The molecule has 0 aromatic heterocycles. The third kappa shape index (κ3) is 4.02. The normalized spacial score (nSPS) is 21.3. The van der Waals surface area contributed by atoms with Crippen LogP contribution < -0.4 is 5.32 Å². The Morgan fingerprint density at radius 1 is 1.32 bits per heavy atom. The molecule has 4 nitrogen and oxygen atoms in total. The van der Waals surface area contributed by atoms with Gasteiger partial charge in [-0.05, 0) is 37.5 Å². The Balaban J connectivity index is 2.15. The van der Waals surface area contributed by atoms with Crippen molar-refractivity contribution in [2.24, 2.45) is 11.8 Å². The van der Waals surface area contributed by atoms with Crippen molar-refractivity contribution >= 4 is 40.6 Å². The number of benzene rings is 1. The molecule has 6 heteroatoms. The minimum absolute atomic E-state index is 0.131. The molecule has 0 unspecified atom stereocenters. The number of ether oxygens (including phenoxy) is 1. The SMILES string of the molecule is CCOC(=O)[C@@H]1C(=O)C=C(Nc2cc(Cl)cc(Cl)c2)C[C@H]1C. The molecule has 1 N–H and O–H groups in total. The molecule has 0 heterocycles. The zero-order chi connectivity index (χ0) is 16.3. The predicted octanol–water partition coefficient (Wildman–Crippen LogP) is 4.08. The van der Waals surface area contributed by atoms with Gasteiger partial charge in [0, 0.05) is 27.5 Å². The van der Waals surface area contributed by atoms with Crippen LogP contribution >= 0.6 is 23.2 Å². The highest BCUT2D eigenvalue weighted by Crippen LogP contribution is 2.30. The van der Waals surface area contributed by atoms with E-state index in [0.29, 0.717) is 22.2 Å². The fraction of sp³-hybridized carbons (Fsp3) is 0.375. The molecule has 1 aliphatic rings. The van der Waals surface area contributed by atoms with Crippen molar-refractivity contribution in [3.05, 3.63) is 40.0 Å². The number of nitrogens with one attached hydrogen (secondary N) is 1. The van der Waals surface area contributed by atoms with Crippen LogP contribution in [-0.2, 0) is 14.3 Å². The van der Waals surface area contributed by atoms with Crippen LogP contribution in [0.1, 0.15) is 20.3 Å². The average molecular weight is 342 g/mol. The molecule has 0 amide bonds. The number of hydrogen-bond acceptors (Lipinski definition) is 4. The standard InChI is InChI=1S/C16H17Cl2NO3/c1-3-22-16(21)15-9(2)4-12(8-14(15)20)19-13-6-10(17)5-11(18)7-13/h5-9,15,19H,3-4H2,1-2H3/t9-,15+/m1/s1. The molecule has 1 aliphatic carbocycles. The fourth-order valence-electron chi connectivity index (χ4n) is 2.54. The van der Waals surface area contributed by atoms with Crippen molar-refractivity contribution in [3.8, 4) is 0 Å². The first-order valence-electron chi connectivity index (χ1n) is 7.05. The number of esters is 1. The lowest BCUT2D eigenvalue weighted by atomic mass is 9.82. The van der Waals surface area contributed by atoms with Crippen LogP contribution in [0, 0.1) is 11.8 Å². The van der Waals surface area contributed by atoms with Crippen LogP contribution in [0.25, 0.3) is 0 Å². The summed E-state index contributed by atoms with van der Waals surface area (Å²) < 4.78 is 4.96. The van der Waals surface area contributed by atoms with E-state index < -0.39 is 11.9 Å².